The van der Waals surface area contributed by atoms with Gasteiger partial charge in [-0.1, -0.05) is 41.9 Å². The smallest absolute Gasteiger partial charge is 0.325 e. The Morgan fingerprint density at radius 1 is 0.968 bits per heavy atom. The normalized spacial score (nSPS) is 21.3. The number of halogens is 1. The van der Waals surface area contributed by atoms with Crippen molar-refractivity contribution in [1.29, 1.82) is 0 Å². The van der Waals surface area contributed by atoms with Gasteiger partial charge in [-0.2, -0.15) is 0 Å². The number of sulfone groups is 1. The van der Waals surface area contributed by atoms with Crippen LogP contribution in [0.25, 0.3) is 0 Å². The highest BCUT2D eigenvalue weighted by Gasteiger charge is 2.35. The molecule has 2 saturated heterocycles. The largest absolute Gasteiger partial charge is 0.340 e. The van der Waals surface area contributed by atoms with Crippen molar-refractivity contribution in [2.75, 3.05) is 43.4 Å². The number of carbonyl (C=O) groups is 2. The van der Waals surface area contributed by atoms with Gasteiger partial charge in [0.2, 0.25) is 5.91 Å². The average molecular weight is 462 g/mol. The molecule has 164 valence electrons. The molecule has 3 amide bonds. The Morgan fingerprint density at radius 3 is 2.39 bits per heavy atom. The lowest BCUT2D eigenvalue weighted by Crippen LogP contribution is -2.43. The van der Waals surface area contributed by atoms with Gasteiger partial charge in [0.1, 0.15) is 6.54 Å². The minimum Gasteiger partial charge on any atom is -0.340 e. The highest BCUT2D eigenvalue weighted by atomic mass is 35.5. The topological polar surface area (TPSA) is 78.0 Å². The number of hydrogen-bond donors (Lipinski definition) is 0. The van der Waals surface area contributed by atoms with Crippen LogP contribution in [-0.2, 0) is 14.6 Å². The second kappa shape index (κ2) is 8.88. The van der Waals surface area contributed by atoms with E-state index in [-0.39, 0.29) is 30.8 Å². The molecule has 9 heteroatoms. The summed E-state index contributed by atoms with van der Waals surface area (Å²) in [5.74, 6) is -0.307. The van der Waals surface area contributed by atoms with E-state index in [0.29, 0.717) is 31.1 Å². The molecule has 0 aromatic heterocycles. The van der Waals surface area contributed by atoms with Crippen molar-refractivity contribution in [3.8, 4) is 0 Å². The Balaban J connectivity index is 1.40. The molecule has 0 spiro atoms. The summed E-state index contributed by atoms with van der Waals surface area (Å²) in [7, 11) is -3.36. The summed E-state index contributed by atoms with van der Waals surface area (Å²) in [6.45, 7) is 1.36. The Morgan fingerprint density at radius 2 is 1.68 bits per heavy atom. The molecular weight excluding hydrogens is 438 g/mol. The van der Waals surface area contributed by atoms with Crippen LogP contribution in [-0.4, -0.2) is 68.6 Å². The molecule has 31 heavy (non-hydrogen) atoms. The van der Waals surface area contributed by atoms with Gasteiger partial charge in [0.25, 0.3) is 0 Å². The van der Waals surface area contributed by atoms with E-state index in [2.05, 4.69) is 0 Å². The molecule has 0 radical (unpaired) electrons. The maximum Gasteiger partial charge on any atom is 0.325 e. The predicted octanol–water partition coefficient (Wildman–Crippen LogP) is 2.97. The van der Waals surface area contributed by atoms with E-state index in [1.165, 1.54) is 4.90 Å². The molecule has 2 aliphatic heterocycles. The molecule has 0 bridgehead atoms. The van der Waals surface area contributed by atoms with Crippen LogP contribution < -0.4 is 4.90 Å². The van der Waals surface area contributed by atoms with E-state index in [4.69, 9.17) is 11.6 Å². The zero-order valence-corrected chi connectivity index (χ0v) is 18.6. The van der Waals surface area contributed by atoms with Crippen molar-refractivity contribution in [2.45, 2.75) is 11.7 Å². The van der Waals surface area contributed by atoms with Crippen LogP contribution in [0.2, 0.25) is 5.02 Å². The third-order valence-electron chi connectivity index (χ3n) is 5.82. The lowest BCUT2D eigenvalue weighted by Gasteiger charge is -2.24. The fraction of sp³-hybridized carbons (Fsp3) is 0.364. The maximum atomic E-state index is 12.9. The molecule has 0 N–H and O–H groups in total. The summed E-state index contributed by atoms with van der Waals surface area (Å²) in [4.78, 5) is 30.4. The van der Waals surface area contributed by atoms with Crippen molar-refractivity contribution in [2.24, 2.45) is 0 Å². The van der Waals surface area contributed by atoms with Gasteiger partial charge in [0.05, 0.1) is 11.0 Å². The van der Waals surface area contributed by atoms with Gasteiger partial charge in [0, 0.05) is 36.9 Å². The van der Waals surface area contributed by atoms with Crippen LogP contribution in [0.4, 0.5) is 10.5 Å². The van der Waals surface area contributed by atoms with E-state index >= 15 is 0 Å². The second-order valence-electron chi connectivity index (χ2n) is 7.77. The standard InChI is InChI=1S/C22H24ClN3O4S/c23-18-6-8-19(9-7-18)26-13-12-25(22(26)28)16-21(27)24-11-10-20(31(29,30)15-14-24)17-4-2-1-3-5-17/h1-9,20H,10-16H2. The first-order chi connectivity index (χ1) is 14.8. The van der Waals surface area contributed by atoms with Gasteiger partial charge in [-0.15, -0.1) is 0 Å². The van der Waals surface area contributed by atoms with Crippen molar-refractivity contribution < 1.29 is 18.0 Å². The van der Waals surface area contributed by atoms with Crippen molar-refractivity contribution >= 4 is 39.1 Å². The van der Waals surface area contributed by atoms with Crippen LogP contribution in [0.5, 0.6) is 0 Å². The van der Waals surface area contributed by atoms with Gasteiger partial charge in [-0.25, -0.2) is 13.2 Å². The Bertz CT molecular complexity index is 1060. The van der Waals surface area contributed by atoms with E-state index in [0.717, 1.165) is 11.3 Å². The molecule has 2 aromatic carbocycles. The van der Waals surface area contributed by atoms with Crippen molar-refractivity contribution in [1.82, 2.24) is 9.80 Å². The lowest BCUT2D eigenvalue weighted by molar-refractivity contribution is -0.131. The molecule has 2 fully saturated rings. The first kappa shape index (κ1) is 21.6. The summed E-state index contributed by atoms with van der Waals surface area (Å²) in [5, 5.41) is -0.0207. The Kier molecular flexibility index (Phi) is 6.20. The summed E-state index contributed by atoms with van der Waals surface area (Å²) in [5.41, 5.74) is 1.49. The highest BCUT2D eigenvalue weighted by Crippen LogP contribution is 2.29. The van der Waals surface area contributed by atoms with Gasteiger partial charge in [-0.05, 0) is 36.2 Å². The number of hydrogen-bond acceptors (Lipinski definition) is 4. The third-order valence-corrected chi connectivity index (χ3v) is 8.20. The molecule has 1 atom stereocenters. The van der Waals surface area contributed by atoms with Crippen molar-refractivity contribution in [3.05, 3.63) is 65.2 Å². The predicted molar refractivity (Wildman–Crippen MR) is 120 cm³/mol. The molecule has 4 rings (SSSR count). The van der Waals surface area contributed by atoms with E-state index < -0.39 is 15.1 Å². The Hall–Kier alpha value is -2.58. The van der Waals surface area contributed by atoms with Gasteiger partial charge < -0.3 is 9.80 Å². The Labute approximate surface area is 187 Å². The monoisotopic (exact) mass is 461 g/mol. The number of benzene rings is 2. The van der Waals surface area contributed by atoms with Gasteiger partial charge in [-0.3, -0.25) is 9.69 Å². The van der Waals surface area contributed by atoms with Crippen LogP contribution in [0.15, 0.2) is 54.6 Å². The highest BCUT2D eigenvalue weighted by molar-refractivity contribution is 7.91. The zero-order valence-electron chi connectivity index (χ0n) is 17.0. The average Bonchev–Trinajstić information content (AvgIpc) is 3.02. The molecular formula is C22H24ClN3O4S. The maximum absolute atomic E-state index is 12.9. The number of urea groups is 1. The number of nitrogens with zero attached hydrogens (tertiary/aromatic N) is 3. The number of rotatable bonds is 4. The first-order valence-electron chi connectivity index (χ1n) is 10.2. The number of amides is 3. The summed E-state index contributed by atoms with van der Waals surface area (Å²) in [6.07, 6.45) is 0.350. The van der Waals surface area contributed by atoms with Gasteiger partial charge >= 0.3 is 6.03 Å². The van der Waals surface area contributed by atoms with Gasteiger partial charge in [0.15, 0.2) is 9.84 Å². The zero-order chi connectivity index (χ0) is 22.0. The first-order valence-corrected chi connectivity index (χ1v) is 12.3. The summed E-state index contributed by atoms with van der Waals surface area (Å²) >= 11 is 5.91. The van der Waals surface area contributed by atoms with Crippen molar-refractivity contribution in [3.63, 3.8) is 0 Å². The molecule has 7 nitrogen and oxygen atoms in total. The second-order valence-corrected chi connectivity index (χ2v) is 10.5. The molecule has 0 saturated carbocycles. The van der Waals surface area contributed by atoms with Crippen LogP contribution in [0.3, 0.4) is 0 Å². The van der Waals surface area contributed by atoms with Crippen LogP contribution in [0, 0.1) is 0 Å². The molecule has 2 aliphatic rings. The van der Waals surface area contributed by atoms with Crippen LogP contribution >= 0.6 is 11.6 Å². The summed E-state index contributed by atoms with van der Waals surface area (Å²) < 4.78 is 25.5. The minimum absolute atomic E-state index is 0.0566. The third kappa shape index (κ3) is 4.70. The lowest BCUT2D eigenvalue weighted by atomic mass is 10.1. The minimum atomic E-state index is -3.36. The SMILES string of the molecule is O=C(CN1CCN(c2ccc(Cl)cc2)C1=O)N1CCC(c2ccccc2)S(=O)(=O)CC1. The quantitative estimate of drug-likeness (QED) is 0.701. The fourth-order valence-corrected chi connectivity index (χ4v) is 6.01. The molecule has 2 aromatic rings. The van der Waals surface area contributed by atoms with E-state index in [1.54, 1.807) is 34.1 Å². The number of anilines is 1. The summed E-state index contributed by atoms with van der Waals surface area (Å²) in [6, 6.07) is 15.9. The van der Waals surface area contributed by atoms with Crippen LogP contribution in [0.1, 0.15) is 17.2 Å². The number of carbonyl (C=O) groups excluding carboxylic acids is 2. The van der Waals surface area contributed by atoms with E-state index in [9.17, 15) is 18.0 Å². The molecule has 0 aliphatic carbocycles. The fourth-order valence-electron chi connectivity index (χ4n) is 4.09. The molecule has 2 heterocycles. The molecule has 1 unspecified atom stereocenters. The van der Waals surface area contributed by atoms with E-state index in [1.807, 2.05) is 30.3 Å².